The summed E-state index contributed by atoms with van der Waals surface area (Å²) in [6, 6.07) is 15.6. The maximum Gasteiger partial charge on any atom is 0.255 e. The molecule has 0 saturated heterocycles. The van der Waals surface area contributed by atoms with Crippen molar-refractivity contribution in [2.45, 2.75) is 19.1 Å². The molecule has 0 radical (unpaired) electrons. The van der Waals surface area contributed by atoms with Crippen LogP contribution in [0.15, 0.2) is 71.9 Å². The molecule has 192 valence electrons. The summed E-state index contributed by atoms with van der Waals surface area (Å²) in [6.07, 6.45) is 7.85. The second kappa shape index (κ2) is 10.1. The Morgan fingerprint density at radius 3 is 2.84 bits per heavy atom. The molecule has 1 aliphatic rings. The minimum atomic E-state index is -0.610. The molecule has 6 rings (SSSR count). The van der Waals surface area contributed by atoms with Crippen molar-refractivity contribution in [3.05, 3.63) is 83.0 Å². The Morgan fingerprint density at radius 2 is 2.03 bits per heavy atom. The van der Waals surface area contributed by atoms with Crippen LogP contribution in [-0.4, -0.2) is 54.9 Å². The molecule has 0 fully saturated rings. The van der Waals surface area contributed by atoms with Crippen molar-refractivity contribution >= 4 is 45.5 Å². The van der Waals surface area contributed by atoms with Gasteiger partial charge in [0.2, 0.25) is 0 Å². The van der Waals surface area contributed by atoms with Crippen LogP contribution in [0.1, 0.15) is 12.0 Å². The van der Waals surface area contributed by atoms with Crippen LogP contribution in [0, 0.1) is 5.41 Å². The molecule has 0 spiro atoms. The van der Waals surface area contributed by atoms with Gasteiger partial charge in [-0.25, -0.2) is 0 Å². The predicted octanol–water partition coefficient (Wildman–Crippen LogP) is 4.39. The standard InChI is InChI=1S/C29H28N6O2S/c1-33-18-22(17-32-33)20-3-6-25-24(14-20)29-21(16-31-25)4-7-28(37)35(29)23-5-2-19-8-11-34(26(19)15-23)27(36)9-12-38-13-10-30/h2-7,10,14-18,27,30,36H,8-9,11-13H2,1H3. The molecular weight excluding hydrogens is 496 g/mol. The number of aliphatic hydroxyl groups is 1. The van der Waals surface area contributed by atoms with Gasteiger partial charge >= 0.3 is 0 Å². The number of aromatic nitrogens is 4. The minimum Gasteiger partial charge on any atom is -0.374 e. The molecule has 0 aliphatic carbocycles. The van der Waals surface area contributed by atoms with Gasteiger partial charge in [-0.1, -0.05) is 12.1 Å². The number of nitrogens with zero attached hydrogens (tertiary/aromatic N) is 5. The molecule has 9 heteroatoms. The SMILES string of the molecule is Cn1cc(-c2ccc3ncc4ccc(=O)n(-c5ccc6c(c5)N(C(O)CCSCC=N)CC6)c4c3c2)cn1. The Kier molecular flexibility index (Phi) is 6.47. The fourth-order valence-electron chi connectivity index (χ4n) is 5.25. The molecule has 1 unspecified atom stereocenters. The maximum absolute atomic E-state index is 13.4. The molecule has 1 atom stereocenters. The van der Waals surface area contributed by atoms with Crippen LogP contribution in [0.4, 0.5) is 5.69 Å². The van der Waals surface area contributed by atoms with Crippen molar-refractivity contribution in [2.24, 2.45) is 7.05 Å². The maximum atomic E-state index is 13.4. The highest BCUT2D eigenvalue weighted by atomic mass is 32.2. The molecule has 1 aliphatic heterocycles. The van der Waals surface area contributed by atoms with Gasteiger partial charge in [0.25, 0.3) is 5.56 Å². The van der Waals surface area contributed by atoms with Crippen LogP contribution in [0.25, 0.3) is 38.6 Å². The van der Waals surface area contributed by atoms with Crippen molar-refractivity contribution in [2.75, 3.05) is 23.0 Å². The zero-order valence-electron chi connectivity index (χ0n) is 21.0. The van der Waals surface area contributed by atoms with Gasteiger partial charge in [0.1, 0.15) is 6.23 Å². The van der Waals surface area contributed by atoms with Gasteiger partial charge < -0.3 is 15.4 Å². The molecule has 0 bridgehead atoms. The molecule has 3 aromatic heterocycles. The lowest BCUT2D eigenvalue weighted by atomic mass is 10.0. The number of pyridine rings is 2. The summed E-state index contributed by atoms with van der Waals surface area (Å²) in [4.78, 5) is 20.1. The first kappa shape index (κ1) is 24.4. The van der Waals surface area contributed by atoms with E-state index in [9.17, 15) is 9.90 Å². The normalized spacial score (nSPS) is 13.8. The van der Waals surface area contributed by atoms with Gasteiger partial charge in [-0.2, -0.15) is 16.9 Å². The van der Waals surface area contributed by atoms with E-state index in [1.54, 1.807) is 27.1 Å². The molecule has 2 N–H and O–H groups in total. The first-order chi connectivity index (χ1) is 18.5. The summed E-state index contributed by atoms with van der Waals surface area (Å²) >= 11 is 1.64. The summed E-state index contributed by atoms with van der Waals surface area (Å²) in [6.45, 7) is 0.737. The van der Waals surface area contributed by atoms with E-state index in [4.69, 9.17) is 5.41 Å². The number of aryl methyl sites for hydroxylation is 1. The summed E-state index contributed by atoms with van der Waals surface area (Å²) < 4.78 is 3.53. The van der Waals surface area contributed by atoms with E-state index in [-0.39, 0.29) is 5.56 Å². The Labute approximate surface area is 224 Å². The number of benzene rings is 2. The Hall–Kier alpha value is -3.95. The van der Waals surface area contributed by atoms with E-state index in [0.717, 1.165) is 63.0 Å². The molecule has 8 nitrogen and oxygen atoms in total. The molecule has 5 aromatic rings. The zero-order valence-corrected chi connectivity index (χ0v) is 21.9. The molecule has 38 heavy (non-hydrogen) atoms. The Balaban J connectivity index is 1.47. The third-order valence-electron chi connectivity index (χ3n) is 7.10. The number of rotatable bonds is 8. The largest absolute Gasteiger partial charge is 0.374 e. The van der Waals surface area contributed by atoms with E-state index >= 15 is 0 Å². The highest BCUT2D eigenvalue weighted by Gasteiger charge is 2.25. The molecule has 4 heterocycles. The van der Waals surface area contributed by atoms with Crippen LogP contribution >= 0.6 is 11.8 Å². The zero-order chi connectivity index (χ0) is 26.2. The quantitative estimate of drug-likeness (QED) is 0.177. The van der Waals surface area contributed by atoms with Gasteiger partial charge in [-0.3, -0.25) is 19.0 Å². The van der Waals surface area contributed by atoms with Gasteiger partial charge in [0.15, 0.2) is 0 Å². The van der Waals surface area contributed by atoms with Gasteiger partial charge in [-0.05, 0) is 53.6 Å². The number of hydrogen-bond acceptors (Lipinski definition) is 7. The molecule has 0 amide bonds. The summed E-state index contributed by atoms with van der Waals surface area (Å²) in [5.74, 6) is 1.44. The lowest BCUT2D eigenvalue weighted by Gasteiger charge is -2.26. The highest BCUT2D eigenvalue weighted by Crippen LogP contribution is 2.34. The van der Waals surface area contributed by atoms with Gasteiger partial charge in [-0.15, -0.1) is 0 Å². The third kappa shape index (κ3) is 4.37. The number of hydrogen-bond donors (Lipinski definition) is 2. The average molecular weight is 525 g/mol. The average Bonchev–Trinajstić information content (AvgIpc) is 3.56. The number of thioether (sulfide) groups is 1. The number of fused-ring (bicyclic) bond motifs is 4. The lowest BCUT2D eigenvalue weighted by molar-refractivity contribution is 0.168. The molecule has 0 saturated carbocycles. The minimum absolute atomic E-state index is 0.120. The van der Waals surface area contributed by atoms with E-state index in [0.29, 0.717) is 12.2 Å². The van der Waals surface area contributed by atoms with Crippen LogP contribution in [-0.2, 0) is 13.5 Å². The Bertz CT molecular complexity index is 1730. The molecular formula is C29H28N6O2S. The van der Waals surface area contributed by atoms with Crippen molar-refractivity contribution in [3.8, 4) is 16.8 Å². The summed E-state index contributed by atoms with van der Waals surface area (Å²) in [5.41, 5.74) is 6.39. The third-order valence-corrected chi connectivity index (χ3v) is 8.02. The fraction of sp³-hybridized carbons (Fsp3) is 0.241. The monoisotopic (exact) mass is 524 g/mol. The van der Waals surface area contributed by atoms with Crippen molar-refractivity contribution in [1.29, 1.82) is 5.41 Å². The second-order valence-electron chi connectivity index (χ2n) is 9.51. The number of aliphatic hydroxyl groups excluding tert-OH is 1. The number of anilines is 1. The van der Waals surface area contributed by atoms with Gasteiger partial charge in [0.05, 0.1) is 22.9 Å². The van der Waals surface area contributed by atoms with E-state index in [2.05, 4.69) is 22.2 Å². The predicted molar refractivity (Wildman–Crippen MR) is 155 cm³/mol. The van der Waals surface area contributed by atoms with Crippen molar-refractivity contribution in [1.82, 2.24) is 19.3 Å². The fourth-order valence-corrected chi connectivity index (χ4v) is 5.91. The van der Waals surface area contributed by atoms with Gasteiger partial charge in [0, 0.05) is 72.5 Å². The topological polar surface area (TPSA) is 100 Å². The molecule has 2 aromatic carbocycles. The van der Waals surface area contributed by atoms with Crippen LogP contribution in [0.5, 0.6) is 0 Å². The van der Waals surface area contributed by atoms with E-state index in [1.807, 2.05) is 60.9 Å². The smallest absolute Gasteiger partial charge is 0.255 e. The highest BCUT2D eigenvalue weighted by molar-refractivity contribution is 7.99. The lowest BCUT2D eigenvalue weighted by Crippen LogP contribution is -2.34. The van der Waals surface area contributed by atoms with E-state index in [1.165, 1.54) is 11.8 Å². The van der Waals surface area contributed by atoms with Crippen LogP contribution < -0.4 is 10.5 Å². The summed E-state index contributed by atoms with van der Waals surface area (Å²) in [5, 5.41) is 24.2. The van der Waals surface area contributed by atoms with E-state index < -0.39 is 6.23 Å². The van der Waals surface area contributed by atoms with Crippen LogP contribution in [0.2, 0.25) is 0 Å². The van der Waals surface area contributed by atoms with Crippen molar-refractivity contribution in [3.63, 3.8) is 0 Å². The first-order valence-electron chi connectivity index (χ1n) is 12.6. The Morgan fingerprint density at radius 1 is 1.13 bits per heavy atom. The second-order valence-corrected chi connectivity index (χ2v) is 10.7. The van der Waals surface area contributed by atoms with Crippen LogP contribution in [0.3, 0.4) is 0 Å². The van der Waals surface area contributed by atoms with Crippen molar-refractivity contribution < 1.29 is 5.11 Å². The number of nitrogens with one attached hydrogen (secondary N) is 1. The summed E-state index contributed by atoms with van der Waals surface area (Å²) in [7, 11) is 1.89. The first-order valence-corrected chi connectivity index (χ1v) is 13.8.